The van der Waals surface area contributed by atoms with Crippen molar-refractivity contribution in [3.8, 4) is 0 Å². The van der Waals surface area contributed by atoms with E-state index < -0.39 is 10.4 Å². The summed E-state index contributed by atoms with van der Waals surface area (Å²) in [5.74, 6) is -0.335. The Morgan fingerprint density at radius 3 is 2.70 bits per heavy atom. The first-order valence-electron chi connectivity index (χ1n) is 7.83. The molecule has 142 valence electrons. The van der Waals surface area contributed by atoms with Crippen LogP contribution in [0, 0.1) is 0 Å². The molecular formula is C17H15ClN2O6S. The zero-order chi connectivity index (χ0) is 19.6. The minimum atomic E-state index is -4.74. The summed E-state index contributed by atoms with van der Waals surface area (Å²) in [5.41, 5.74) is 1.95. The zero-order valence-corrected chi connectivity index (χ0v) is 15.4. The largest absolute Gasteiger partial charge is 0.466 e. The van der Waals surface area contributed by atoms with Crippen molar-refractivity contribution in [3.05, 3.63) is 64.2 Å². The number of oxime groups is 1. The van der Waals surface area contributed by atoms with E-state index in [0.29, 0.717) is 27.4 Å². The van der Waals surface area contributed by atoms with Gasteiger partial charge in [-0.15, -0.1) is 0 Å². The fourth-order valence-electron chi connectivity index (χ4n) is 2.86. The number of halogens is 1. The molecule has 2 aromatic carbocycles. The second-order valence-electron chi connectivity index (χ2n) is 5.72. The predicted molar refractivity (Wildman–Crippen MR) is 99.3 cm³/mol. The van der Waals surface area contributed by atoms with E-state index >= 15 is 0 Å². The molecule has 0 bridgehead atoms. The first kappa shape index (κ1) is 19.3. The molecule has 8 nitrogen and oxygen atoms in total. The molecule has 0 radical (unpaired) electrons. The number of fused-ring (bicyclic) bond motifs is 1. The van der Waals surface area contributed by atoms with E-state index in [1.54, 1.807) is 42.5 Å². The number of carbonyl (C=O) groups excluding carboxylic acids is 1. The Labute approximate surface area is 160 Å². The average molecular weight is 411 g/mol. The summed E-state index contributed by atoms with van der Waals surface area (Å²) in [6.07, 6.45) is 0.192. The van der Waals surface area contributed by atoms with E-state index in [1.165, 1.54) is 4.90 Å². The topological polar surface area (TPSA) is 116 Å². The highest BCUT2D eigenvalue weighted by Gasteiger charge is 2.29. The Hall–Kier alpha value is -2.46. The summed E-state index contributed by atoms with van der Waals surface area (Å²) in [7, 11) is -4.74. The second kappa shape index (κ2) is 7.65. The minimum Gasteiger partial charge on any atom is -0.392 e. The molecule has 0 unspecified atom stereocenters. The molecule has 2 aromatic rings. The number of rotatable bonds is 4. The third kappa shape index (κ3) is 4.28. The number of aliphatic hydroxyl groups excluding tert-OH is 1. The van der Waals surface area contributed by atoms with E-state index in [9.17, 15) is 18.3 Å². The molecule has 10 heteroatoms. The number of carbonyl (C=O) groups is 1. The third-order valence-electron chi connectivity index (χ3n) is 4.04. The Kier molecular flexibility index (Phi) is 5.47. The van der Waals surface area contributed by atoms with Crippen LogP contribution in [0.3, 0.4) is 0 Å². The summed E-state index contributed by atoms with van der Waals surface area (Å²) in [4.78, 5) is 14.5. The summed E-state index contributed by atoms with van der Waals surface area (Å²) in [5, 5.41) is 13.3. The van der Waals surface area contributed by atoms with Crippen LogP contribution in [0.4, 0.5) is 5.69 Å². The molecule has 0 atom stereocenters. The highest BCUT2D eigenvalue weighted by molar-refractivity contribution is 7.80. The number of nitrogens with zero attached hydrogens (tertiary/aromatic N) is 2. The number of aliphatic hydroxyl groups is 1. The highest BCUT2D eigenvalue weighted by Crippen LogP contribution is 2.32. The third-order valence-corrected chi connectivity index (χ3v) is 4.54. The number of benzene rings is 2. The fourth-order valence-corrected chi connectivity index (χ4v) is 3.21. The Morgan fingerprint density at radius 1 is 1.26 bits per heavy atom. The molecule has 0 saturated carbocycles. The SMILES string of the molecule is O=C(c1ccccc1CO)N1CC/C(=N/OS(=O)(=O)O)c2ccc(Cl)cc21. The van der Waals surface area contributed by atoms with Gasteiger partial charge < -0.3 is 10.0 Å². The van der Waals surface area contributed by atoms with Gasteiger partial charge in [-0.05, 0) is 29.8 Å². The molecule has 27 heavy (non-hydrogen) atoms. The van der Waals surface area contributed by atoms with Crippen LogP contribution in [0.25, 0.3) is 0 Å². The van der Waals surface area contributed by atoms with Gasteiger partial charge in [-0.25, -0.2) is 4.28 Å². The van der Waals surface area contributed by atoms with E-state index in [4.69, 9.17) is 16.2 Å². The van der Waals surface area contributed by atoms with Crippen molar-refractivity contribution in [1.82, 2.24) is 0 Å². The highest BCUT2D eigenvalue weighted by atomic mass is 35.5. The van der Waals surface area contributed by atoms with Gasteiger partial charge in [0.25, 0.3) is 5.91 Å². The van der Waals surface area contributed by atoms with Gasteiger partial charge in [-0.3, -0.25) is 9.35 Å². The van der Waals surface area contributed by atoms with Gasteiger partial charge in [0.05, 0.1) is 18.0 Å². The maximum atomic E-state index is 13.0. The number of anilines is 1. The molecule has 1 aliphatic rings. The Bertz CT molecular complexity index is 1020. The smallest absolute Gasteiger partial charge is 0.392 e. The van der Waals surface area contributed by atoms with Crippen LogP contribution in [0.2, 0.25) is 5.02 Å². The van der Waals surface area contributed by atoms with Crippen LogP contribution in [0.15, 0.2) is 47.6 Å². The van der Waals surface area contributed by atoms with Crippen molar-refractivity contribution in [2.45, 2.75) is 13.0 Å². The molecule has 0 fully saturated rings. The van der Waals surface area contributed by atoms with Crippen LogP contribution in [-0.2, 0) is 21.3 Å². The van der Waals surface area contributed by atoms with Gasteiger partial charge in [-0.2, -0.15) is 8.42 Å². The Balaban J connectivity index is 2.04. The molecule has 2 N–H and O–H groups in total. The molecule has 1 amide bonds. The number of hydrogen-bond donors (Lipinski definition) is 2. The maximum absolute atomic E-state index is 13.0. The lowest BCUT2D eigenvalue weighted by Gasteiger charge is -2.30. The molecule has 1 heterocycles. The van der Waals surface area contributed by atoms with Crippen molar-refractivity contribution in [3.63, 3.8) is 0 Å². The van der Waals surface area contributed by atoms with Crippen LogP contribution in [-0.4, -0.2) is 36.2 Å². The average Bonchev–Trinajstić information content (AvgIpc) is 2.64. The quantitative estimate of drug-likeness (QED) is 0.590. The maximum Gasteiger partial charge on any atom is 0.466 e. The van der Waals surface area contributed by atoms with Crippen molar-refractivity contribution >= 4 is 39.3 Å². The van der Waals surface area contributed by atoms with E-state index in [0.717, 1.165) is 0 Å². The van der Waals surface area contributed by atoms with Gasteiger partial charge in [0.1, 0.15) is 0 Å². The lowest BCUT2D eigenvalue weighted by molar-refractivity contribution is 0.0984. The van der Waals surface area contributed by atoms with Gasteiger partial charge in [0.15, 0.2) is 0 Å². The summed E-state index contributed by atoms with van der Waals surface area (Å²) >= 11 is 6.06. The van der Waals surface area contributed by atoms with E-state index in [-0.39, 0.29) is 31.2 Å². The van der Waals surface area contributed by atoms with E-state index in [2.05, 4.69) is 9.44 Å². The van der Waals surface area contributed by atoms with Gasteiger partial charge >= 0.3 is 10.4 Å². The summed E-state index contributed by atoms with van der Waals surface area (Å²) < 4.78 is 34.4. The lowest BCUT2D eigenvalue weighted by Crippen LogP contribution is -2.38. The molecule has 1 aliphatic heterocycles. The molecule has 0 aromatic heterocycles. The summed E-state index contributed by atoms with van der Waals surface area (Å²) in [6, 6.07) is 11.4. The van der Waals surface area contributed by atoms with Crippen LogP contribution < -0.4 is 4.90 Å². The first-order valence-corrected chi connectivity index (χ1v) is 9.58. The molecule has 3 rings (SSSR count). The summed E-state index contributed by atoms with van der Waals surface area (Å²) in [6.45, 7) is -0.104. The van der Waals surface area contributed by atoms with Gasteiger partial charge in [0.2, 0.25) is 0 Å². The van der Waals surface area contributed by atoms with Crippen molar-refractivity contribution < 1.29 is 27.2 Å². The fraction of sp³-hybridized carbons (Fsp3) is 0.176. The molecule has 0 spiro atoms. The molecular weight excluding hydrogens is 396 g/mol. The second-order valence-corrected chi connectivity index (χ2v) is 7.16. The molecule has 0 saturated heterocycles. The van der Waals surface area contributed by atoms with E-state index in [1.807, 2.05) is 0 Å². The monoisotopic (exact) mass is 410 g/mol. The zero-order valence-electron chi connectivity index (χ0n) is 13.9. The van der Waals surface area contributed by atoms with Crippen molar-refractivity contribution in [1.29, 1.82) is 0 Å². The Morgan fingerprint density at radius 2 is 2.00 bits per heavy atom. The number of amides is 1. The lowest BCUT2D eigenvalue weighted by atomic mass is 9.98. The normalized spacial score (nSPS) is 15.5. The van der Waals surface area contributed by atoms with Crippen molar-refractivity contribution in [2.24, 2.45) is 5.16 Å². The van der Waals surface area contributed by atoms with Crippen LogP contribution >= 0.6 is 11.6 Å². The number of hydrogen-bond acceptors (Lipinski definition) is 6. The van der Waals surface area contributed by atoms with Crippen LogP contribution in [0.1, 0.15) is 27.9 Å². The van der Waals surface area contributed by atoms with Crippen LogP contribution in [0.5, 0.6) is 0 Å². The predicted octanol–water partition coefficient (Wildman–Crippen LogP) is 2.41. The van der Waals surface area contributed by atoms with Crippen molar-refractivity contribution in [2.75, 3.05) is 11.4 Å². The van der Waals surface area contributed by atoms with Gasteiger partial charge in [0, 0.05) is 29.1 Å². The molecule has 0 aliphatic carbocycles. The van der Waals surface area contributed by atoms with Gasteiger partial charge in [-0.1, -0.05) is 35.0 Å². The minimum absolute atomic E-state index is 0.180. The first-order chi connectivity index (χ1) is 12.8. The standard InChI is InChI=1S/C17H15ClN2O6S/c18-12-5-6-14-15(19-26-27(23,24)25)7-8-20(16(14)9-12)17(22)13-4-2-1-3-11(13)10-21/h1-6,9,21H,7-8,10H2,(H,23,24,25)/b19-15-.